The lowest BCUT2D eigenvalue weighted by molar-refractivity contribution is 0.0601. The lowest BCUT2D eigenvalue weighted by Gasteiger charge is -2.07. The normalized spacial score (nSPS) is 10.3. The number of ether oxygens (including phenoxy) is 1. The lowest BCUT2D eigenvalue weighted by Crippen LogP contribution is -2.06. The molecule has 2 rings (SSSR count). The molecule has 0 radical (unpaired) electrons. The zero-order chi connectivity index (χ0) is 14.7. The molecule has 2 N–H and O–H groups in total. The van der Waals surface area contributed by atoms with Crippen molar-refractivity contribution in [3.63, 3.8) is 0 Å². The van der Waals surface area contributed by atoms with Gasteiger partial charge in [0.05, 0.1) is 24.6 Å². The first kappa shape index (κ1) is 14.4. The van der Waals surface area contributed by atoms with Crippen LogP contribution in [0.1, 0.15) is 21.5 Å². The summed E-state index contributed by atoms with van der Waals surface area (Å²) in [6, 6.07) is 7.84. The Morgan fingerprint density at radius 1 is 1.25 bits per heavy atom. The highest BCUT2D eigenvalue weighted by atomic mass is 32.2. The fraction of sp³-hybridized carbons (Fsp3) is 0.200. The van der Waals surface area contributed by atoms with Crippen LogP contribution in [-0.4, -0.2) is 18.1 Å². The Bertz CT molecular complexity index is 656. The Balaban J connectivity index is 2.29. The smallest absolute Gasteiger partial charge is 0.340 e. The van der Waals surface area contributed by atoms with Crippen LogP contribution in [0.25, 0.3) is 0 Å². The molecular formula is C15H16N2O2S. The van der Waals surface area contributed by atoms with Crippen molar-refractivity contribution in [3.05, 3.63) is 47.2 Å². The Kier molecular flexibility index (Phi) is 4.29. The summed E-state index contributed by atoms with van der Waals surface area (Å²) >= 11 is 1.49. The molecular weight excluding hydrogens is 272 g/mol. The average molecular weight is 288 g/mol. The highest BCUT2D eigenvalue weighted by Crippen LogP contribution is 2.29. The number of methoxy groups -OCH3 is 1. The monoisotopic (exact) mass is 288 g/mol. The van der Waals surface area contributed by atoms with E-state index in [4.69, 9.17) is 10.5 Å². The Labute approximate surface area is 122 Å². The molecule has 0 spiro atoms. The minimum Gasteiger partial charge on any atom is -0.465 e. The maximum absolute atomic E-state index is 11.6. The van der Waals surface area contributed by atoms with Crippen molar-refractivity contribution in [1.29, 1.82) is 0 Å². The minimum absolute atomic E-state index is 0.321. The van der Waals surface area contributed by atoms with Gasteiger partial charge in [0.1, 0.15) is 5.03 Å². The number of rotatable bonds is 3. The summed E-state index contributed by atoms with van der Waals surface area (Å²) in [5.74, 6) is -0.452. The van der Waals surface area contributed by atoms with Gasteiger partial charge in [-0.25, -0.2) is 9.78 Å². The van der Waals surface area contributed by atoms with E-state index in [1.807, 2.05) is 6.07 Å². The van der Waals surface area contributed by atoms with E-state index < -0.39 is 5.97 Å². The number of pyridine rings is 1. The van der Waals surface area contributed by atoms with Gasteiger partial charge >= 0.3 is 5.97 Å². The van der Waals surface area contributed by atoms with Gasteiger partial charge in [-0.15, -0.1) is 0 Å². The van der Waals surface area contributed by atoms with Gasteiger partial charge in [-0.1, -0.05) is 17.8 Å². The van der Waals surface area contributed by atoms with Crippen molar-refractivity contribution in [2.45, 2.75) is 23.8 Å². The summed E-state index contributed by atoms with van der Waals surface area (Å²) in [5, 5.41) is 0.711. The molecule has 4 nitrogen and oxygen atoms in total. The van der Waals surface area contributed by atoms with Crippen LogP contribution in [-0.2, 0) is 4.74 Å². The molecule has 0 saturated heterocycles. The molecule has 0 atom stereocenters. The number of anilines is 1. The third-order valence-corrected chi connectivity index (χ3v) is 3.94. The zero-order valence-corrected chi connectivity index (χ0v) is 12.5. The molecule has 5 heteroatoms. The van der Waals surface area contributed by atoms with Crippen molar-refractivity contribution >= 4 is 23.4 Å². The van der Waals surface area contributed by atoms with Crippen LogP contribution in [0.3, 0.4) is 0 Å². The summed E-state index contributed by atoms with van der Waals surface area (Å²) < 4.78 is 4.70. The molecule has 0 fully saturated rings. The summed E-state index contributed by atoms with van der Waals surface area (Å²) in [6.45, 7) is 4.14. The predicted octanol–water partition coefficient (Wildman–Crippen LogP) is 3.22. The first-order chi connectivity index (χ1) is 9.51. The van der Waals surface area contributed by atoms with Crippen molar-refractivity contribution in [1.82, 2.24) is 4.98 Å². The Morgan fingerprint density at radius 2 is 2.00 bits per heavy atom. The predicted molar refractivity (Wildman–Crippen MR) is 80.0 cm³/mol. The van der Waals surface area contributed by atoms with E-state index in [-0.39, 0.29) is 0 Å². The van der Waals surface area contributed by atoms with Gasteiger partial charge in [0, 0.05) is 4.90 Å². The van der Waals surface area contributed by atoms with Gasteiger partial charge in [0.15, 0.2) is 0 Å². The molecule has 1 aromatic carbocycles. The van der Waals surface area contributed by atoms with Crippen LogP contribution in [0, 0.1) is 13.8 Å². The second-order valence-corrected chi connectivity index (χ2v) is 5.54. The molecule has 0 amide bonds. The van der Waals surface area contributed by atoms with E-state index >= 15 is 0 Å². The van der Waals surface area contributed by atoms with E-state index in [1.165, 1.54) is 36.2 Å². The fourth-order valence-corrected chi connectivity index (χ4v) is 2.58. The van der Waals surface area contributed by atoms with Gasteiger partial charge in [-0.2, -0.15) is 0 Å². The number of aromatic nitrogens is 1. The molecule has 20 heavy (non-hydrogen) atoms. The number of aryl methyl sites for hydroxylation is 2. The van der Waals surface area contributed by atoms with Crippen molar-refractivity contribution in [3.8, 4) is 0 Å². The van der Waals surface area contributed by atoms with E-state index in [1.54, 1.807) is 6.07 Å². The van der Waals surface area contributed by atoms with Gasteiger partial charge in [-0.3, -0.25) is 0 Å². The number of esters is 1. The summed E-state index contributed by atoms with van der Waals surface area (Å²) in [7, 11) is 1.33. The molecule has 0 saturated carbocycles. The molecule has 104 valence electrons. The van der Waals surface area contributed by atoms with Gasteiger partial charge in [0.25, 0.3) is 0 Å². The third-order valence-electron chi connectivity index (χ3n) is 3.02. The SMILES string of the molecule is COC(=O)c1cc(Sc2ccc(C)c(C)c2)ncc1N. The van der Waals surface area contributed by atoms with Gasteiger partial charge in [0.2, 0.25) is 0 Å². The maximum Gasteiger partial charge on any atom is 0.340 e. The van der Waals surface area contributed by atoms with Crippen LogP contribution >= 0.6 is 11.8 Å². The Morgan fingerprint density at radius 3 is 2.65 bits per heavy atom. The highest BCUT2D eigenvalue weighted by molar-refractivity contribution is 7.99. The van der Waals surface area contributed by atoms with E-state index in [0.29, 0.717) is 16.3 Å². The molecule has 0 aliphatic rings. The van der Waals surface area contributed by atoms with Crippen LogP contribution < -0.4 is 5.73 Å². The maximum atomic E-state index is 11.6. The largest absolute Gasteiger partial charge is 0.465 e. The molecule has 0 unspecified atom stereocenters. The van der Waals surface area contributed by atoms with E-state index in [9.17, 15) is 4.79 Å². The van der Waals surface area contributed by atoms with Crippen LogP contribution in [0.5, 0.6) is 0 Å². The second kappa shape index (κ2) is 5.96. The van der Waals surface area contributed by atoms with Gasteiger partial charge < -0.3 is 10.5 Å². The average Bonchev–Trinajstić information content (AvgIpc) is 2.44. The zero-order valence-electron chi connectivity index (χ0n) is 11.6. The molecule has 2 aromatic rings. The summed E-state index contributed by atoms with van der Waals surface area (Å²) in [6.07, 6.45) is 1.48. The van der Waals surface area contributed by atoms with E-state index in [2.05, 4.69) is 31.0 Å². The van der Waals surface area contributed by atoms with Crippen molar-refractivity contribution < 1.29 is 9.53 Å². The molecule has 0 aliphatic carbocycles. The number of nitrogens with two attached hydrogens (primary N) is 1. The molecule has 0 aliphatic heterocycles. The number of nitrogens with zero attached hydrogens (tertiary/aromatic N) is 1. The topological polar surface area (TPSA) is 65.2 Å². The van der Waals surface area contributed by atoms with E-state index in [0.717, 1.165) is 4.90 Å². The number of hydrogen-bond acceptors (Lipinski definition) is 5. The second-order valence-electron chi connectivity index (χ2n) is 4.45. The quantitative estimate of drug-likeness (QED) is 0.878. The standard InChI is InChI=1S/C15H16N2O2S/c1-9-4-5-11(6-10(9)2)20-14-7-12(15(18)19-3)13(16)8-17-14/h4-8H,16H2,1-3H3. The first-order valence-electron chi connectivity index (χ1n) is 6.10. The van der Waals surface area contributed by atoms with Crippen molar-refractivity contribution in [2.24, 2.45) is 0 Å². The lowest BCUT2D eigenvalue weighted by atomic mass is 10.1. The van der Waals surface area contributed by atoms with Crippen LogP contribution in [0.15, 0.2) is 40.4 Å². The number of hydrogen-bond donors (Lipinski definition) is 1. The fourth-order valence-electron chi connectivity index (χ4n) is 1.69. The molecule has 1 heterocycles. The number of benzene rings is 1. The van der Waals surface area contributed by atoms with Crippen LogP contribution in [0.2, 0.25) is 0 Å². The Hall–Kier alpha value is -2.01. The van der Waals surface area contributed by atoms with Gasteiger partial charge in [-0.05, 0) is 43.2 Å². The summed E-state index contributed by atoms with van der Waals surface area (Å²) in [5.41, 5.74) is 8.86. The minimum atomic E-state index is -0.452. The number of carbonyl (C=O) groups excluding carboxylic acids is 1. The first-order valence-corrected chi connectivity index (χ1v) is 6.92. The molecule has 1 aromatic heterocycles. The number of nitrogen functional groups attached to an aromatic ring is 1. The molecule has 0 bridgehead atoms. The van der Waals surface area contributed by atoms with Crippen molar-refractivity contribution in [2.75, 3.05) is 12.8 Å². The highest BCUT2D eigenvalue weighted by Gasteiger charge is 2.12. The summed E-state index contributed by atoms with van der Waals surface area (Å²) in [4.78, 5) is 16.9. The third kappa shape index (κ3) is 3.11. The van der Waals surface area contributed by atoms with Crippen LogP contribution in [0.4, 0.5) is 5.69 Å². The number of carbonyl (C=O) groups is 1.